The summed E-state index contributed by atoms with van der Waals surface area (Å²) in [5, 5.41) is 10.2. The minimum Gasteiger partial charge on any atom is -0.477 e. The highest BCUT2D eigenvalue weighted by molar-refractivity contribution is 5.96. The van der Waals surface area contributed by atoms with E-state index < -0.39 is 5.97 Å². The number of aromatic nitrogens is 1. The Hall–Kier alpha value is -2.75. The van der Waals surface area contributed by atoms with E-state index in [9.17, 15) is 9.90 Å². The van der Waals surface area contributed by atoms with Crippen LogP contribution in [-0.2, 0) is 7.05 Å². The third-order valence-corrected chi connectivity index (χ3v) is 3.96. The Bertz CT molecular complexity index is 863. The number of para-hydroxylation sites is 1. The molecule has 0 amide bonds. The van der Waals surface area contributed by atoms with Gasteiger partial charge in [0.25, 0.3) is 0 Å². The Morgan fingerprint density at radius 1 is 1.09 bits per heavy atom. The van der Waals surface area contributed by atoms with E-state index in [0.29, 0.717) is 5.69 Å². The fourth-order valence-corrected chi connectivity index (χ4v) is 2.81. The first-order valence-electron chi connectivity index (χ1n) is 7.08. The predicted molar refractivity (Wildman–Crippen MR) is 89.6 cm³/mol. The molecular formula is C18H18N2O2. The lowest BCUT2D eigenvalue weighted by Gasteiger charge is -2.17. The summed E-state index contributed by atoms with van der Waals surface area (Å²) in [5.41, 5.74) is 4.56. The Morgan fingerprint density at radius 3 is 2.50 bits per heavy atom. The van der Waals surface area contributed by atoms with Crippen molar-refractivity contribution in [2.24, 2.45) is 7.05 Å². The van der Waals surface area contributed by atoms with Crippen molar-refractivity contribution in [3.8, 4) is 11.1 Å². The van der Waals surface area contributed by atoms with Gasteiger partial charge in [0.15, 0.2) is 0 Å². The highest BCUT2D eigenvalue weighted by Crippen LogP contribution is 2.32. The molecule has 0 saturated heterocycles. The average Bonchev–Trinajstić information content (AvgIpc) is 2.84. The molecule has 0 unspecified atom stereocenters. The Labute approximate surface area is 129 Å². The summed E-state index contributed by atoms with van der Waals surface area (Å²) in [7, 11) is 5.82. The van der Waals surface area contributed by atoms with Gasteiger partial charge in [-0.05, 0) is 23.8 Å². The molecule has 1 N–H and O–H groups in total. The van der Waals surface area contributed by atoms with Gasteiger partial charge in [-0.2, -0.15) is 0 Å². The zero-order chi connectivity index (χ0) is 15.9. The van der Waals surface area contributed by atoms with Crippen LogP contribution in [0.15, 0.2) is 48.5 Å². The van der Waals surface area contributed by atoms with Crippen molar-refractivity contribution in [2.75, 3.05) is 19.0 Å². The maximum atomic E-state index is 11.3. The fourth-order valence-electron chi connectivity index (χ4n) is 2.81. The number of nitrogens with zero attached hydrogens (tertiary/aromatic N) is 2. The summed E-state index contributed by atoms with van der Waals surface area (Å²) in [6, 6.07) is 16.0. The van der Waals surface area contributed by atoms with Gasteiger partial charge in [0.2, 0.25) is 0 Å². The van der Waals surface area contributed by atoms with E-state index in [1.807, 2.05) is 44.4 Å². The lowest BCUT2D eigenvalue weighted by Crippen LogP contribution is -2.09. The fraction of sp³-hybridized carbons (Fsp3) is 0.167. The normalized spacial score (nSPS) is 10.9. The second-order valence-corrected chi connectivity index (χ2v) is 5.58. The molecule has 0 radical (unpaired) electrons. The van der Waals surface area contributed by atoms with Gasteiger partial charge >= 0.3 is 5.97 Å². The summed E-state index contributed by atoms with van der Waals surface area (Å²) in [6.07, 6.45) is 0. The number of hydrogen-bond acceptors (Lipinski definition) is 2. The molecular weight excluding hydrogens is 276 g/mol. The second-order valence-electron chi connectivity index (χ2n) is 5.58. The molecule has 112 valence electrons. The number of aryl methyl sites for hydroxylation is 1. The first-order chi connectivity index (χ1) is 10.5. The summed E-state index contributed by atoms with van der Waals surface area (Å²) >= 11 is 0. The number of aromatic carboxylic acids is 1. The molecule has 0 atom stereocenters. The highest BCUT2D eigenvalue weighted by atomic mass is 16.4. The van der Waals surface area contributed by atoms with Crippen LogP contribution in [-0.4, -0.2) is 29.7 Å². The van der Waals surface area contributed by atoms with Crippen LogP contribution in [0.25, 0.3) is 22.0 Å². The molecule has 0 aliphatic rings. The van der Waals surface area contributed by atoms with Crippen molar-refractivity contribution < 1.29 is 9.90 Å². The molecule has 0 saturated carbocycles. The van der Waals surface area contributed by atoms with Crippen LogP contribution in [0.2, 0.25) is 0 Å². The molecule has 1 aromatic heterocycles. The number of carbonyl (C=O) groups is 1. The SMILES string of the molecule is CN(C)c1ccccc1-c1ccc2cc(C(=O)O)n(C)c2c1. The molecule has 0 bridgehead atoms. The third kappa shape index (κ3) is 2.22. The van der Waals surface area contributed by atoms with E-state index in [1.54, 1.807) is 17.7 Å². The molecule has 4 nitrogen and oxygen atoms in total. The van der Waals surface area contributed by atoms with Gasteiger partial charge in [-0.3, -0.25) is 0 Å². The average molecular weight is 294 g/mol. The van der Waals surface area contributed by atoms with E-state index in [2.05, 4.69) is 17.0 Å². The van der Waals surface area contributed by atoms with Gasteiger partial charge in [-0.15, -0.1) is 0 Å². The molecule has 4 heteroatoms. The molecule has 3 aromatic rings. The van der Waals surface area contributed by atoms with Crippen LogP contribution in [0.1, 0.15) is 10.5 Å². The van der Waals surface area contributed by atoms with Crippen molar-refractivity contribution in [2.45, 2.75) is 0 Å². The molecule has 22 heavy (non-hydrogen) atoms. The minimum atomic E-state index is -0.908. The van der Waals surface area contributed by atoms with Crippen LogP contribution < -0.4 is 4.90 Å². The van der Waals surface area contributed by atoms with Crippen LogP contribution >= 0.6 is 0 Å². The zero-order valence-corrected chi connectivity index (χ0v) is 12.9. The molecule has 2 aromatic carbocycles. The van der Waals surface area contributed by atoms with E-state index in [1.165, 1.54) is 0 Å². The van der Waals surface area contributed by atoms with E-state index in [4.69, 9.17) is 0 Å². The third-order valence-electron chi connectivity index (χ3n) is 3.96. The lowest BCUT2D eigenvalue weighted by molar-refractivity contribution is 0.0687. The van der Waals surface area contributed by atoms with Gasteiger partial charge in [0.1, 0.15) is 5.69 Å². The molecule has 0 fully saturated rings. The first kappa shape index (κ1) is 14.2. The number of carboxylic acids is 1. The molecule has 0 aliphatic heterocycles. The van der Waals surface area contributed by atoms with Gasteiger partial charge in [-0.25, -0.2) is 4.79 Å². The van der Waals surface area contributed by atoms with E-state index >= 15 is 0 Å². The van der Waals surface area contributed by atoms with Crippen LogP contribution in [0.3, 0.4) is 0 Å². The zero-order valence-electron chi connectivity index (χ0n) is 12.9. The van der Waals surface area contributed by atoms with Crippen molar-refractivity contribution >= 4 is 22.6 Å². The standard InChI is InChI=1S/C18H18N2O2/c1-19(2)15-7-5-4-6-14(15)12-8-9-13-11-17(18(21)22)20(3)16(13)10-12/h4-11H,1-3H3,(H,21,22). The number of fused-ring (bicyclic) bond motifs is 1. The van der Waals surface area contributed by atoms with Gasteiger partial charge in [0.05, 0.1) is 0 Å². The van der Waals surface area contributed by atoms with E-state index in [0.717, 1.165) is 27.7 Å². The van der Waals surface area contributed by atoms with Gasteiger partial charge in [0, 0.05) is 43.3 Å². The molecule has 3 rings (SSSR count). The summed E-state index contributed by atoms with van der Waals surface area (Å²) < 4.78 is 1.72. The largest absolute Gasteiger partial charge is 0.477 e. The Kier molecular flexibility index (Phi) is 3.37. The number of anilines is 1. The maximum Gasteiger partial charge on any atom is 0.352 e. The minimum absolute atomic E-state index is 0.299. The van der Waals surface area contributed by atoms with Crippen molar-refractivity contribution in [3.63, 3.8) is 0 Å². The monoisotopic (exact) mass is 294 g/mol. The maximum absolute atomic E-state index is 11.3. The van der Waals surface area contributed by atoms with Crippen molar-refractivity contribution in [3.05, 3.63) is 54.2 Å². The predicted octanol–water partition coefficient (Wildman–Crippen LogP) is 3.61. The van der Waals surface area contributed by atoms with Crippen molar-refractivity contribution in [1.29, 1.82) is 0 Å². The van der Waals surface area contributed by atoms with E-state index in [-0.39, 0.29) is 0 Å². The second kappa shape index (κ2) is 5.22. The van der Waals surface area contributed by atoms with Gasteiger partial charge < -0.3 is 14.6 Å². The Balaban J connectivity index is 2.21. The van der Waals surface area contributed by atoms with Crippen LogP contribution in [0.5, 0.6) is 0 Å². The van der Waals surface area contributed by atoms with Gasteiger partial charge in [-0.1, -0.05) is 30.3 Å². The first-order valence-corrected chi connectivity index (χ1v) is 7.08. The quantitative estimate of drug-likeness (QED) is 0.802. The van der Waals surface area contributed by atoms with Crippen molar-refractivity contribution in [1.82, 2.24) is 4.57 Å². The lowest BCUT2D eigenvalue weighted by atomic mass is 10.0. The molecule has 0 spiro atoms. The Morgan fingerprint density at radius 2 is 1.82 bits per heavy atom. The number of hydrogen-bond donors (Lipinski definition) is 1. The molecule has 1 heterocycles. The topological polar surface area (TPSA) is 45.5 Å². The number of benzene rings is 2. The molecule has 0 aliphatic carbocycles. The number of rotatable bonds is 3. The summed E-state index contributed by atoms with van der Waals surface area (Å²) in [5.74, 6) is -0.908. The summed E-state index contributed by atoms with van der Waals surface area (Å²) in [6.45, 7) is 0. The number of carboxylic acid groups (broad SMARTS) is 1. The highest BCUT2D eigenvalue weighted by Gasteiger charge is 2.13. The van der Waals surface area contributed by atoms with Crippen LogP contribution in [0.4, 0.5) is 5.69 Å². The van der Waals surface area contributed by atoms with Crippen LogP contribution in [0, 0.1) is 0 Å². The summed E-state index contributed by atoms with van der Waals surface area (Å²) in [4.78, 5) is 13.3. The smallest absolute Gasteiger partial charge is 0.352 e.